The first kappa shape index (κ1) is 14.3. The van der Waals surface area contributed by atoms with E-state index in [2.05, 4.69) is 15.6 Å². The molecular weight excluding hydrogens is 306 g/mol. The maximum Gasteiger partial charge on any atom is 0.319 e. The molecule has 120 valence electrons. The third-order valence-corrected chi connectivity index (χ3v) is 3.74. The third kappa shape index (κ3) is 2.94. The summed E-state index contributed by atoms with van der Waals surface area (Å²) in [7, 11) is 0. The van der Waals surface area contributed by atoms with E-state index < -0.39 is 0 Å². The van der Waals surface area contributed by atoms with Gasteiger partial charge >= 0.3 is 6.03 Å². The lowest BCUT2D eigenvalue weighted by Crippen LogP contribution is -2.28. The first-order valence-corrected chi connectivity index (χ1v) is 7.56. The Bertz CT molecular complexity index is 911. The molecule has 0 spiro atoms. The second kappa shape index (κ2) is 6.08. The third-order valence-electron chi connectivity index (χ3n) is 3.74. The zero-order chi connectivity index (χ0) is 16.4. The van der Waals surface area contributed by atoms with Crippen LogP contribution in [0.5, 0.6) is 11.5 Å². The van der Waals surface area contributed by atoms with Crippen LogP contribution < -0.4 is 20.1 Å². The van der Waals surface area contributed by atoms with Gasteiger partial charge in [0.2, 0.25) is 6.79 Å². The Kier molecular flexibility index (Phi) is 3.63. The van der Waals surface area contributed by atoms with Gasteiger partial charge in [-0.25, -0.2) is 4.79 Å². The van der Waals surface area contributed by atoms with E-state index in [4.69, 9.17) is 9.47 Å². The number of urea groups is 1. The fourth-order valence-corrected chi connectivity index (χ4v) is 2.55. The first-order chi connectivity index (χ1) is 11.8. The Morgan fingerprint density at radius 3 is 2.92 bits per heavy atom. The van der Waals surface area contributed by atoms with Crippen LogP contribution in [0.3, 0.4) is 0 Å². The number of nitrogens with one attached hydrogen (secondary N) is 2. The van der Waals surface area contributed by atoms with Crippen LogP contribution in [0.1, 0.15) is 5.56 Å². The Hall–Kier alpha value is -3.28. The molecule has 1 aliphatic rings. The molecule has 1 aromatic heterocycles. The molecular formula is C18H15N3O3. The highest BCUT2D eigenvalue weighted by Gasteiger charge is 2.13. The second-order valence-electron chi connectivity index (χ2n) is 5.41. The number of ether oxygens (including phenoxy) is 2. The van der Waals surface area contributed by atoms with Gasteiger partial charge in [0.25, 0.3) is 0 Å². The normalized spacial score (nSPS) is 12.2. The van der Waals surface area contributed by atoms with Gasteiger partial charge < -0.3 is 20.1 Å². The number of nitrogens with zero attached hydrogens (tertiary/aromatic N) is 1. The van der Waals surface area contributed by atoms with Crippen LogP contribution in [0.4, 0.5) is 10.5 Å². The Labute approximate surface area is 138 Å². The molecule has 0 unspecified atom stereocenters. The predicted molar refractivity (Wildman–Crippen MR) is 90.2 cm³/mol. The molecule has 24 heavy (non-hydrogen) atoms. The molecule has 1 aliphatic heterocycles. The lowest BCUT2D eigenvalue weighted by Gasteiger charge is -2.08. The van der Waals surface area contributed by atoms with E-state index in [-0.39, 0.29) is 12.8 Å². The standard InChI is InChI=1S/C18H15N3O3/c22-18(20-9-12-5-6-16-17(7-12)24-11-23-16)21-14-8-13-3-1-2-4-15(13)19-10-14/h1-8,10H,9,11H2,(H2,20,21,22). The lowest BCUT2D eigenvalue weighted by molar-refractivity contribution is 0.174. The minimum absolute atomic E-state index is 0.238. The molecule has 6 heteroatoms. The summed E-state index contributed by atoms with van der Waals surface area (Å²) >= 11 is 0. The highest BCUT2D eigenvalue weighted by atomic mass is 16.7. The summed E-state index contributed by atoms with van der Waals surface area (Å²) in [5, 5.41) is 6.58. The van der Waals surface area contributed by atoms with Crippen molar-refractivity contribution in [3.63, 3.8) is 0 Å². The summed E-state index contributed by atoms with van der Waals surface area (Å²) < 4.78 is 10.6. The van der Waals surface area contributed by atoms with Gasteiger partial charge in [0.15, 0.2) is 11.5 Å². The van der Waals surface area contributed by atoms with E-state index in [9.17, 15) is 4.79 Å². The van der Waals surface area contributed by atoms with Crippen molar-refractivity contribution in [2.75, 3.05) is 12.1 Å². The van der Waals surface area contributed by atoms with Gasteiger partial charge in [-0.3, -0.25) is 4.98 Å². The van der Waals surface area contributed by atoms with Crippen molar-refractivity contribution in [1.82, 2.24) is 10.3 Å². The minimum atomic E-state index is -0.287. The molecule has 2 N–H and O–H groups in total. The van der Waals surface area contributed by atoms with Crippen molar-refractivity contribution in [2.24, 2.45) is 0 Å². The van der Waals surface area contributed by atoms with Crippen molar-refractivity contribution in [3.8, 4) is 11.5 Å². The number of fused-ring (bicyclic) bond motifs is 2. The molecule has 2 amide bonds. The summed E-state index contributed by atoms with van der Waals surface area (Å²) in [5.41, 5.74) is 2.48. The SMILES string of the molecule is O=C(NCc1ccc2c(c1)OCO2)Nc1cnc2ccccc2c1. The highest BCUT2D eigenvalue weighted by Crippen LogP contribution is 2.32. The van der Waals surface area contributed by atoms with Gasteiger partial charge in [-0.15, -0.1) is 0 Å². The molecule has 0 atom stereocenters. The highest BCUT2D eigenvalue weighted by molar-refractivity contribution is 5.91. The fourth-order valence-electron chi connectivity index (χ4n) is 2.55. The molecule has 0 fully saturated rings. The van der Waals surface area contributed by atoms with Gasteiger partial charge in [-0.05, 0) is 29.8 Å². The van der Waals surface area contributed by atoms with E-state index in [0.29, 0.717) is 18.0 Å². The number of pyridine rings is 1. The fraction of sp³-hybridized carbons (Fsp3) is 0.111. The molecule has 0 saturated carbocycles. The van der Waals surface area contributed by atoms with Gasteiger partial charge in [0.05, 0.1) is 17.4 Å². The number of amides is 2. The number of carbonyl (C=O) groups excluding carboxylic acids is 1. The molecule has 2 aromatic carbocycles. The molecule has 6 nitrogen and oxygen atoms in total. The zero-order valence-electron chi connectivity index (χ0n) is 12.8. The topological polar surface area (TPSA) is 72.5 Å². The number of anilines is 1. The quantitative estimate of drug-likeness (QED) is 0.776. The van der Waals surface area contributed by atoms with Crippen LogP contribution in [-0.2, 0) is 6.54 Å². The van der Waals surface area contributed by atoms with Crippen LogP contribution in [-0.4, -0.2) is 17.8 Å². The smallest absolute Gasteiger partial charge is 0.319 e. The molecule has 0 aliphatic carbocycles. The number of para-hydroxylation sites is 1. The largest absolute Gasteiger partial charge is 0.454 e. The summed E-state index contributed by atoms with van der Waals surface area (Å²) in [4.78, 5) is 16.4. The number of hydrogen-bond donors (Lipinski definition) is 2. The molecule has 0 radical (unpaired) electrons. The van der Waals surface area contributed by atoms with Crippen LogP contribution in [0.15, 0.2) is 54.7 Å². The van der Waals surface area contributed by atoms with E-state index in [1.165, 1.54) is 0 Å². The Balaban J connectivity index is 1.39. The molecule has 0 bridgehead atoms. The monoisotopic (exact) mass is 321 g/mol. The molecule has 3 aromatic rings. The van der Waals surface area contributed by atoms with Crippen molar-refractivity contribution in [2.45, 2.75) is 6.54 Å². The van der Waals surface area contributed by atoms with Gasteiger partial charge in [0, 0.05) is 11.9 Å². The summed E-state index contributed by atoms with van der Waals surface area (Å²) in [5.74, 6) is 1.43. The van der Waals surface area contributed by atoms with Crippen molar-refractivity contribution in [3.05, 3.63) is 60.3 Å². The van der Waals surface area contributed by atoms with E-state index >= 15 is 0 Å². The van der Waals surface area contributed by atoms with E-state index in [1.807, 2.05) is 48.5 Å². The van der Waals surface area contributed by atoms with Crippen LogP contribution in [0, 0.1) is 0 Å². The Morgan fingerprint density at radius 1 is 1.08 bits per heavy atom. The van der Waals surface area contributed by atoms with Gasteiger partial charge in [-0.2, -0.15) is 0 Å². The lowest BCUT2D eigenvalue weighted by atomic mass is 10.2. The number of aromatic nitrogens is 1. The molecule has 0 saturated heterocycles. The average Bonchev–Trinajstić information content (AvgIpc) is 3.07. The molecule has 2 heterocycles. The molecule has 4 rings (SSSR count). The van der Waals surface area contributed by atoms with Crippen molar-refractivity contribution >= 4 is 22.6 Å². The van der Waals surface area contributed by atoms with E-state index in [0.717, 1.165) is 22.2 Å². The average molecular weight is 321 g/mol. The van der Waals surface area contributed by atoms with Crippen molar-refractivity contribution in [1.29, 1.82) is 0 Å². The van der Waals surface area contributed by atoms with Gasteiger partial charge in [-0.1, -0.05) is 24.3 Å². The maximum absolute atomic E-state index is 12.0. The number of hydrogen-bond acceptors (Lipinski definition) is 4. The van der Waals surface area contributed by atoms with Gasteiger partial charge in [0.1, 0.15) is 0 Å². The number of carbonyl (C=O) groups is 1. The summed E-state index contributed by atoms with van der Waals surface area (Å²) in [6.45, 7) is 0.630. The minimum Gasteiger partial charge on any atom is -0.454 e. The zero-order valence-corrected chi connectivity index (χ0v) is 12.8. The number of benzene rings is 2. The van der Waals surface area contributed by atoms with Crippen molar-refractivity contribution < 1.29 is 14.3 Å². The predicted octanol–water partition coefficient (Wildman–Crippen LogP) is 3.29. The number of rotatable bonds is 3. The van der Waals surface area contributed by atoms with E-state index in [1.54, 1.807) is 6.20 Å². The van der Waals surface area contributed by atoms with Crippen LogP contribution >= 0.6 is 0 Å². The van der Waals surface area contributed by atoms with Crippen LogP contribution in [0.2, 0.25) is 0 Å². The first-order valence-electron chi connectivity index (χ1n) is 7.56. The Morgan fingerprint density at radius 2 is 1.96 bits per heavy atom. The second-order valence-corrected chi connectivity index (χ2v) is 5.41. The maximum atomic E-state index is 12.0. The van der Waals surface area contributed by atoms with Crippen LogP contribution in [0.25, 0.3) is 10.9 Å². The summed E-state index contributed by atoms with van der Waals surface area (Å²) in [6.07, 6.45) is 1.64. The summed E-state index contributed by atoms with van der Waals surface area (Å²) in [6, 6.07) is 15.0.